The number of methoxy groups -OCH3 is 1. The molecule has 2 rings (SSSR count). The third kappa shape index (κ3) is 4.97. The largest absolute Gasteiger partial charge is 0.493 e. The minimum absolute atomic E-state index is 0.697. The average Bonchev–Trinajstić information content (AvgIpc) is 2.56. The molecule has 0 aliphatic carbocycles. The van der Waals surface area contributed by atoms with Crippen molar-refractivity contribution in [1.82, 2.24) is 5.43 Å². The van der Waals surface area contributed by atoms with Crippen LogP contribution < -0.4 is 20.3 Å². The van der Waals surface area contributed by atoms with Gasteiger partial charge in [-0.3, -0.25) is 0 Å². The third-order valence-electron chi connectivity index (χ3n) is 3.28. The maximum atomic E-state index is 5.80. The van der Waals surface area contributed by atoms with Gasteiger partial charge in [0, 0.05) is 12.2 Å². The number of para-hydroxylation sites is 1. The zero-order valence-electron chi connectivity index (χ0n) is 13.3. The number of benzene rings is 2. The molecule has 0 aliphatic heterocycles. The maximum absolute atomic E-state index is 5.80. The van der Waals surface area contributed by atoms with E-state index in [0.717, 1.165) is 35.6 Å². The Labute approximate surface area is 132 Å². The van der Waals surface area contributed by atoms with E-state index in [9.17, 15) is 0 Å². The summed E-state index contributed by atoms with van der Waals surface area (Å²) in [6.07, 6.45) is 2.16. The third-order valence-corrected chi connectivity index (χ3v) is 3.28. The van der Waals surface area contributed by atoms with Crippen LogP contribution in [0.25, 0.3) is 0 Å². The lowest BCUT2D eigenvalue weighted by molar-refractivity contribution is 0.288. The van der Waals surface area contributed by atoms with Crippen molar-refractivity contribution in [3.05, 3.63) is 54.1 Å². The van der Waals surface area contributed by atoms with E-state index in [1.165, 1.54) is 0 Å². The van der Waals surface area contributed by atoms with Crippen LogP contribution in [0.15, 0.2) is 48.5 Å². The minimum atomic E-state index is 0.697. The van der Waals surface area contributed by atoms with Crippen LogP contribution in [-0.2, 0) is 6.54 Å². The van der Waals surface area contributed by atoms with Crippen molar-refractivity contribution >= 4 is 5.69 Å². The Morgan fingerprint density at radius 3 is 2.55 bits per heavy atom. The number of hydrogen-bond acceptors (Lipinski definition) is 4. The molecule has 22 heavy (non-hydrogen) atoms. The Balaban J connectivity index is 1.91. The molecule has 0 saturated heterocycles. The number of unbranched alkanes of at least 4 members (excludes halogenated alkanes) is 1. The number of anilines is 1. The molecule has 2 aromatic carbocycles. The number of ether oxygens (including phenoxy) is 2. The fourth-order valence-electron chi connectivity index (χ4n) is 2.04. The zero-order chi connectivity index (χ0) is 15.6. The van der Waals surface area contributed by atoms with Crippen molar-refractivity contribution in [2.45, 2.75) is 26.3 Å². The molecule has 4 heteroatoms. The van der Waals surface area contributed by atoms with Gasteiger partial charge in [-0.2, -0.15) is 0 Å². The standard InChI is InChI=1S/C18H24N2O2/c1-3-4-12-22-18-13-15(10-11-17(18)21-2)14-19-20-16-8-6-5-7-9-16/h5-11,13,19-20H,3-4,12,14H2,1-2H3. The van der Waals surface area contributed by atoms with Crippen molar-refractivity contribution < 1.29 is 9.47 Å². The van der Waals surface area contributed by atoms with Gasteiger partial charge in [0.15, 0.2) is 11.5 Å². The number of hydrazine groups is 1. The fraction of sp³-hybridized carbons (Fsp3) is 0.333. The van der Waals surface area contributed by atoms with E-state index in [1.807, 2.05) is 48.5 Å². The van der Waals surface area contributed by atoms with Gasteiger partial charge >= 0.3 is 0 Å². The number of hydrogen-bond donors (Lipinski definition) is 2. The Morgan fingerprint density at radius 2 is 1.82 bits per heavy atom. The van der Waals surface area contributed by atoms with Crippen molar-refractivity contribution in [2.24, 2.45) is 0 Å². The summed E-state index contributed by atoms with van der Waals surface area (Å²) in [5, 5.41) is 0. The van der Waals surface area contributed by atoms with Crippen molar-refractivity contribution in [3.63, 3.8) is 0 Å². The Kier molecular flexibility index (Phi) is 6.58. The normalized spacial score (nSPS) is 10.3. The van der Waals surface area contributed by atoms with Crippen LogP contribution in [0.2, 0.25) is 0 Å². The second-order valence-corrected chi connectivity index (χ2v) is 5.03. The first-order valence-electron chi connectivity index (χ1n) is 7.67. The van der Waals surface area contributed by atoms with E-state index < -0.39 is 0 Å². The van der Waals surface area contributed by atoms with Crippen molar-refractivity contribution in [2.75, 3.05) is 19.1 Å². The van der Waals surface area contributed by atoms with Gasteiger partial charge in [0.2, 0.25) is 0 Å². The predicted molar refractivity (Wildman–Crippen MR) is 90.3 cm³/mol. The SMILES string of the molecule is CCCCOc1cc(CNNc2ccccc2)ccc1OC. The molecule has 0 radical (unpaired) electrons. The molecule has 0 amide bonds. The van der Waals surface area contributed by atoms with Gasteiger partial charge in [0.1, 0.15) is 0 Å². The van der Waals surface area contributed by atoms with Crippen LogP contribution in [0, 0.1) is 0 Å². The van der Waals surface area contributed by atoms with E-state index in [0.29, 0.717) is 13.2 Å². The lowest BCUT2D eigenvalue weighted by atomic mass is 10.2. The van der Waals surface area contributed by atoms with Crippen LogP contribution in [-0.4, -0.2) is 13.7 Å². The summed E-state index contributed by atoms with van der Waals surface area (Å²) in [6, 6.07) is 16.0. The van der Waals surface area contributed by atoms with Crippen LogP contribution in [0.4, 0.5) is 5.69 Å². The first kappa shape index (κ1) is 16.2. The van der Waals surface area contributed by atoms with Gasteiger partial charge in [-0.1, -0.05) is 37.6 Å². The van der Waals surface area contributed by atoms with Crippen molar-refractivity contribution in [1.29, 1.82) is 0 Å². The van der Waals surface area contributed by atoms with Gasteiger partial charge in [0.05, 0.1) is 13.7 Å². The molecule has 0 atom stereocenters. The smallest absolute Gasteiger partial charge is 0.161 e. The Morgan fingerprint density at radius 1 is 1.00 bits per heavy atom. The fourth-order valence-corrected chi connectivity index (χ4v) is 2.04. The summed E-state index contributed by atoms with van der Waals surface area (Å²) in [5.41, 5.74) is 8.55. The molecule has 0 bridgehead atoms. The van der Waals surface area contributed by atoms with E-state index >= 15 is 0 Å². The van der Waals surface area contributed by atoms with E-state index in [1.54, 1.807) is 7.11 Å². The molecular weight excluding hydrogens is 276 g/mol. The molecule has 0 aromatic heterocycles. The Hall–Kier alpha value is -2.20. The Bertz CT molecular complexity index is 558. The quantitative estimate of drug-likeness (QED) is 0.543. The van der Waals surface area contributed by atoms with E-state index in [2.05, 4.69) is 17.8 Å². The van der Waals surface area contributed by atoms with Gasteiger partial charge in [0.25, 0.3) is 0 Å². The summed E-state index contributed by atoms with van der Waals surface area (Å²) >= 11 is 0. The second-order valence-electron chi connectivity index (χ2n) is 5.03. The molecule has 0 fully saturated rings. The molecular formula is C18H24N2O2. The average molecular weight is 300 g/mol. The van der Waals surface area contributed by atoms with Crippen LogP contribution in [0.1, 0.15) is 25.3 Å². The summed E-state index contributed by atoms with van der Waals surface area (Å²) < 4.78 is 11.1. The highest BCUT2D eigenvalue weighted by Gasteiger charge is 2.05. The van der Waals surface area contributed by atoms with Gasteiger partial charge in [-0.15, -0.1) is 0 Å². The van der Waals surface area contributed by atoms with Gasteiger partial charge in [-0.05, 0) is 36.2 Å². The minimum Gasteiger partial charge on any atom is -0.493 e. The van der Waals surface area contributed by atoms with Crippen LogP contribution in [0.3, 0.4) is 0 Å². The number of nitrogens with one attached hydrogen (secondary N) is 2. The molecule has 4 nitrogen and oxygen atoms in total. The lowest BCUT2D eigenvalue weighted by Gasteiger charge is -2.13. The van der Waals surface area contributed by atoms with Crippen molar-refractivity contribution in [3.8, 4) is 11.5 Å². The molecule has 2 N–H and O–H groups in total. The zero-order valence-corrected chi connectivity index (χ0v) is 13.3. The summed E-state index contributed by atoms with van der Waals surface area (Å²) in [5.74, 6) is 1.57. The van der Waals surface area contributed by atoms with Crippen LogP contribution >= 0.6 is 0 Å². The van der Waals surface area contributed by atoms with Gasteiger partial charge in [-0.25, -0.2) is 5.43 Å². The topological polar surface area (TPSA) is 42.5 Å². The molecule has 2 aromatic rings. The molecule has 0 spiro atoms. The second kappa shape index (κ2) is 8.95. The van der Waals surface area contributed by atoms with E-state index in [-0.39, 0.29) is 0 Å². The highest BCUT2D eigenvalue weighted by molar-refractivity contribution is 5.44. The summed E-state index contributed by atoms with van der Waals surface area (Å²) in [6.45, 7) is 3.56. The first-order chi connectivity index (χ1) is 10.8. The first-order valence-corrected chi connectivity index (χ1v) is 7.67. The molecule has 0 saturated carbocycles. The highest BCUT2D eigenvalue weighted by atomic mass is 16.5. The number of rotatable bonds is 9. The molecule has 0 unspecified atom stereocenters. The molecule has 0 aliphatic rings. The van der Waals surface area contributed by atoms with E-state index in [4.69, 9.17) is 9.47 Å². The highest BCUT2D eigenvalue weighted by Crippen LogP contribution is 2.28. The maximum Gasteiger partial charge on any atom is 0.161 e. The molecule has 0 heterocycles. The summed E-state index contributed by atoms with van der Waals surface area (Å²) in [4.78, 5) is 0. The monoisotopic (exact) mass is 300 g/mol. The lowest BCUT2D eigenvalue weighted by Crippen LogP contribution is -2.20. The van der Waals surface area contributed by atoms with Gasteiger partial charge < -0.3 is 14.9 Å². The molecule has 118 valence electrons. The summed E-state index contributed by atoms with van der Waals surface area (Å²) in [7, 11) is 1.66. The van der Waals surface area contributed by atoms with Crippen LogP contribution in [0.5, 0.6) is 11.5 Å². The predicted octanol–water partition coefficient (Wildman–Crippen LogP) is 3.99.